The molecule has 0 bridgehead atoms. The Kier molecular flexibility index (Phi) is 6.66. The van der Waals surface area contributed by atoms with Crippen LogP contribution in [0.4, 0.5) is 0 Å². The minimum absolute atomic E-state index is 0.656. The van der Waals surface area contributed by atoms with Crippen molar-refractivity contribution in [3.63, 3.8) is 0 Å². The smallest absolute Gasteiger partial charge is 0.164 e. The molecule has 1 aliphatic carbocycles. The highest BCUT2D eigenvalue weighted by atomic mass is 15.0. The van der Waals surface area contributed by atoms with Crippen LogP contribution in [0, 0.1) is 6.92 Å². The van der Waals surface area contributed by atoms with E-state index in [0.29, 0.717) is 17.5 Å². The Morgan fingerprint density at radius 1 is 0.906 bits per heavy atom. The summed E-state index contributed by atoms with van der Waals surface area (Å²) in [5.41, 5.74) is 6.31. The summed E-state index contributed by atoms with van der Waals surface area (Å²) in [5.74, 6) is 2.03. The molecule has 0 saturated heterocycles. The lowest BCUT2D eigenvalue weighted by molar-refractivity contribution is 0.985. The molecule has 1 aromatic heterocycles. The molecule has 3 heteroatoms. The molecule has 0 fully saturated rings. The predicted octanol–water partition coefficient (Wildman–Crippen LogP) is 7.25. The Labute approximate surface area is 190 Å². The molecule has 0 N–H and O–H groups in total. The number of hydrogen-bond donors (Lipinski definition) is 0. The summed E-state index contributed by atoms with van der Waals surface area (Å²) in [6.07, 6.45) is 14.5. The van der Waals surface area contributed by atoms with E-state index < -0.39 is 0 Å². The van der Waals surface area contributed by atoms with Crippen LogP contribution in [0.5, 0.6) is 0 Å². The lowest BCUT2D eigenvalue weighted by Gasteiger charge is -2.11. The molecule has 3 nitrogen and oxygen atoms in total. The van der Waals surface area contributed by atoms with Crippen molar-refractivity contribution in [1.82, 2.24) is 15.0 Å². The number of aromatic nitrogens is 3. The summed E-state index contributed by atoms with van der Waals surface area (Å²) < 4.78 is 0. The van der Waals surface area contributed by atoms with Gasteiger partial charge in [-0.3, -0.25) is 0 Å². The second kappa shape index (κ2) is 9.97. The Balaban J connectivity index is 1.84. The molecule has 1 heterocycles. The van der Waals surface area contributed by atoms with Gasteiger partial charge in [0.1, 0.15) is 0 Å². The standard InChI is InChI=1S/C29H27N3/c1-4-22(26-18-12-13-21(3)19-26)20-23(5-2)27-30-28(24-14-8-6-9-15-24)32-29(31-27)25-16-10-7-11-17-25/h4-6,8-10,12-20H,1,7,11H2,2-3H3/b22-20+,23-5+. The van der Waals surface area contributed by atoms with E-state index in [1.807, 2.05) is 49.4 Å². The number of rotatable bonds is 6. The monoisotopic (exact) mass is 417 g/mol. The molecule has 32 heavy (non-hydrogen) atoms. The zero-order valence-electron chi connectivity index (χ0n) is 18.6. The molecule has 158 valence electrons. The van der Waals surface area contributed by atoms with Crippen LogP contribution >= 0.6 is 0 Å². The number of hydrogen-bond acceptors (Lipinski definition) is 3. The van der Waals surface area contributed by atoms with Crippen LogP contribution in [0.1, 0.15) is 42.5 Å². The SMILES string of the molecule is C=C/C(=C\C(=C/C)c1nc(C2=CCCC=C2)nc(-c2ccccc2)n1)c1cccc(C)c1. The summed E-state index contributed by atoms with van der Waals surface area (Å²) in [6, 6.07) is 18.5. The van der Waals surface area contributed by atoms with Crippen molar-refractivity contribution < 1.29 is 0 Å². The van der Waals surface area contributed by atoms with Gasteiger partial charge in [0, 0.05) is 16.7 Å². The van der Waals surface area contributed by atoms with Crippen molar-refractivity contribution in [2.24, 2.45) is 0 Å². The topological polar surface area (TPSA) is 38.7 Å². The first-order chi connectivity index (χ1) is 15.7. The summed E-state index contributed by atoms with van der Waals surface area (Å²) in [7, 11) is 0. The maximum Gasteiger partial charge on any atom is 0.164 e. The second-order valence-electron chi connectivity index (χ2n) is 7.73. The number of allylic oxidation sites excluding steroid dienone is 9. The van der Waals surface area contributed by atoms with Crippen molar-refractivity contribution in [2.75, 3.05) is 0 Å². The molecule has 4 rings (SSSR count). The Bertz CT molecular complexity index is 1240. The second-order valence-corrected chi connectivity index (χ2v) is 7.73. The summed E-state index contributed by atoms with van der Waals surface area (Å²) in [6.45, 7) is 8.14. The van der Waals surface area contributed by atoms with E-state index >= 15 is 0 Å². The summed E-state index contributed by atoms with van der Waals surface area (Å²) in [5, 5.41) is 0. The van der Waals surface area contributed by atoms with E-state index in [1.54, 1.807) is 0 Å². The molecule has 0 unspecified atom stereocenters. The average Bonchev–Trinajstić information content (AvgIpc) is 2.85. The maximum absolute atomic E-state index is 4.86. The third-order valence-corrected chi connectivity index (χ3v) is 5.37. The highest BCUT2D eigenvalue weighted by molar-refractivity contribution is 5.86. The molecule has 0 aliphatic heterocycles. The number of benzene rings is 2. The zero-order valence-corrected chi connectivity index (χ0v) is 18.6. The highest BCUT2D eigenvalue weighted by Crippen LogP contribution is 2.26. The van der Waals surface area contributed by atoms with E-state index in [4.69, 9.17) is 15.0 Å². The zero-order chi connectivity index (χ0) is 22.3. The van der Waals surface area contributed by atoms with E-state index in [-0.39, 0.29) is 0 Å². The van der Waals surface area contributed by atoms with Gasteiger partial charge in [-0.2, -0.15) is 0 Å². The molecule has 3 aromatic rings. The normalized spacial score (nSPS) is 14.2. The van der Waals surface area contributed by atoms with Crippen LogP contribution in [-0.4, -0.2) is 15.0 Å². The molecular weight excluding hydrogens is 390 g/mol. The van der Waals surface area contributed by atoms with Crippen LogP contribution in [0.3, 0.4) is 0 Å². The van der Waals surface area contributed by atoms with E-state index in [0.717, 1.165) is 40.7 Å². The third kappa shape index (κ3) is 4.89. The molecular formula is C29H27N3. The van der Waals surface area contributed by atoms with Gasteiger partial charge in [0.2, 0.25) is 0 Å². The van der Waals surface area contributed by atoms with Gasteiger partial charge in [0.15, 0.2) is 17.5 Å². The number of nitrogens with zero attached hydrogens (tertiary/aromatic N) is 3. The fourth-order valence-electron chi connectivity index (χ4n) is 3.66. The molecule has 1 aliphatic rings. The third-order valence-electron chi connectivity index (χ3n) is 5.37. The first-order valence-electron chi connectivity index (χ1n) is 10.9. The highest BCUT2D eigenvalue weighted by Gasteiger charge is 2.14. The van der Waals surface area contributed by atoms with Crippen LogP contribution in [-0.2, 0) is 0 Å². The quantitative estimate of drug-likeness (QED) is 0.396. The average molecular weight is 418 g/mol. The molecule has 2 aromatic carbocycles. The Morgan fingerprint density at radius 3 is 2.41 bits per heavy atom. The number of aryl methyl sites for hydroxylation is 1. The van der Waals surface area contributed by atoms with Gasteiger partial charge in [-0.25, -0.2) is 15.0 Å². The van der Waals surface area contributed by atoms with Crippen LogP contribution in [0.15, 0.2) is 97.6 Å². The van der Waals surface area contributed by atoms with Crippen molar-refractivity contribution in [1.29, 1.82) is 0 Å². The van der Waals surface area contributed by atoms with E-state index in [2.05, 4.69) is 62.1 Å². The lowest BCUT2D eigenvalue weighted by Crippen LogP contribution is -2.05. The van der Waals surface area contributed by atoms with Crippen LogP contribution in [0.25, 0.3) is 28.1 Å². The van der Waals surface area contributed by atoms with Crippen molar-refractivity contribution >= 4 is 16.7 Å². The Morgan fingerprint density at radius 2 is 1.72 bits per heavy atom. The van der Waals surface area contributed by atoms with Gasteiger partial charge in [0.05, 0.1) is 0 Å². The maximum atomic E-state index is 4.86. The van der Waals surface area contributed by atoms with Gasteiger partial charge in [-0.15, -0.1) is 0 Å². The molecule has 0 amide bonds. The first-order valence-corrected chi connectivity index (χ1v) is 10.9. The summed E-state index contributed by atoms with van der Waals surface area (Å²) in [4.78, 5) is 14.5. The first kappa shape index (κ1) is 21.4. The van der Waals surface area contributed by atoms with Crippen molar-refractivity contribution in [3.05, 3.63) is 120 Å². The van der Waals surface area contributed by atoms with Gasteiger partial charge in [0.25, 0.3) is 0 Å². The largest absolute Gasteiger partial charge is 0.208 e. The van der Waals surface area contributed by atoms with Crippen LogP contribution in [0.2, 0.25) is 0 Å². The van der Waals surface area contributed by atoms with E-state index in [9.17, 15) is 0 Å². The molecule has 0 saturated carbocycles. The van der Waals surface area contributed by atoms with Gasteiger partial charge < -0.3 is 0 Å². The predicted molar refractivity (Wildman–Crippen MR) is 135 cm³/mol. The molecule has 0 atom stereocenters. The Hall–Kier alpha value is -3.85. The molecule has 0 spiro atoms. The van der Waals surface area contributed by atoms with Gasteiger partial charge >= 0.3 is 0 Å². The minimum atomic E-state index is 0.656. The summed E-state index contributed by atoms with van der Waals surface area (Å²) >= 11 is 0. The lowest BCUT2D eigenvalue weighted by atomic mass is 10.0. The van der Waals surface area contributed by atoms with Gasteiger partial charge in [-0.05, 0) is 43.9 Å². The minimum Gasteiger partial charge on any atom is -0.208 e. The fourth-order valence-corrected chi connectivity index (χ4v) is 3.66. The molecule has 0 radical (unpaired) electrons. The van der Waals surface area contributed by atoms with Crippen molar-refractivity contribution in [2.45, 2.75) is 26.7 Å². The van der Waals surface area contributed by atoms with Crippen LogP contribution < -0.4 is 0 Å². The fraction of sp³-hybridized carbons (Fsp3) is 0.138. The van der Waals surface area contributed by atoms with Crippen molar-refractivity contribution in [3.8, 4) is 11.4 Å². The van der Waals surface area contributed by atoms with Gasteiger partial charge in [-0.1, -0.05) is 97.1 Å². The van der Waals surface area contributed by atoms with E-state index in [1.165, 1.54) is 5.56 Å².